The molecule has 0 radical (unpaired) electrons. The molecule has 0 aliphatic carbocycles. The Morgan fingerprint density at radius 2 is 1.90 bits per heavy atom. The van der Waals surface area contributed by atoms with E-state index in [1.165, 1.54) is 16.1 Å². The Hall–Kier alpha value is -3.11. The SMILES string of the molecule is C/C=C(\N)c1cccc(CC(NSc2ccc(NC(=O)CN)cc2)C2Sc3cc(OC)ccc3N2C)c1.CC. The van der Waals surface area contributed by atoms with Gasteiger partial charge >= 0.3 is 0 Å². The predicted molar refractivity (Wildman–Crippen MR) is 167 cm³/mol. The number of likely N-dealkylation sites (N-methyl/N-ethyl adjacent to an activating group) is 1. The number of carbonyl (C=O) groups excluding carboxylic acids is 1. The van der Waals surface area contributed by atoms with E-state index in [2.05, 4.69) is 52.3 Å². The summed E-state index contributed by atoms with van der Waals surface area (Å²) in [4.78, 5) is 16.2. The van der Waals surface area contributed by atoms with Gasteiger partial charge in [-0.2, -0.15) is 0 Å². The van der Waals surface area contributed by atoms with E-state index in [4.69, 9.17) is 16.2 Å². The van der Waals surface area contributed by atoms with Crippen molar-refractivity contribution >= 4 is 46.7 Å². The molecular weight excluding hydrogens is 526 g/mol. The number of nitrogens with one attached hydrogen (secondary N) is 2. The summed E-state index contributed by atoms with van der Waals surface area (Å²) in [6.07, 6.45) is 2.74. The van der Waals surface area contributed by atoms with Gasteiger partial charge in [-0.15, -0.1) is 0 Å². The number of fused-ring (bicyclic) bond motifs is 1. The molecule has 2 atom stereocenters. The number of benzene rings is 3. The Labute approximate surface area is 240 Å². The lowest BCUT2D eigenvalue weighted by Crippen LogP contribution is -2.44. The molecule has 208 valence electrons. The van der Waals surface area contributed by atoms with Crippen molar-refractivity contribution in [2.45, 2.75) is 48.4 Å². The highest BCUT2D eigenvalue weighted by atomic mass is 32.2. The molecule has 0 bridgehead atoms. The maximum absolute atomic E-state index is 11.6. The van der Waals surface area contributed by atoms with Crippen molar-refractivity contribution in [3.8, 4) is 5.75 Å². The first kappa shape index (κ1) is 30.4. The molecule has 0 fully saturated rings. The molecule has 2 unspecified atom stereocenters. The Morgan fingerprint density at radius 3 is 2.56 bits per heavy atom. The minimum absolute atomic E-state index is 0.0402. The van der Waals surface area contributed by atoms with Gasteiger partial charge in [-0.05, 0) is 85.0 Å². The van der Waals surface area contributed by atoms with Gasteiger partial charge in [0.2, 0.25) is 5.91 Å². The average molecular weight is 566 g/mol. The minimum Gasteiger partial charge on any atom is -0.497 e. The number of nitrogens with two attached hydrogens (primary N) is 2. The van der Waals surface area contributed by atoms with E-state index in [-0.39, 0.29) is 23.9 Å². The van der Waals surface area contributed by atoms with E-state index in [0.717, 1.165) is 34.0 Å². The molecule has 1 amide bonds. The summed E-state index contributed by atoms with van der Waals surface area (Å²) >= 11 is 3.42. The van der Waals surface area contributed by atoms with Crippen LogP contribution in [0, 0.1) is 0 Å². The Kier molecular flexibility index (Phi) is 11.6. The summed E-state index contributed by atoms with van der Waals surface area (Å²) in [5.41, 5.74) is 16.5. The monoisotopic (exact) mass is 565 g/mol. The van der Waals surface area contributed by atoms with Crippen LogP contribution < -0.4 is 31.1 Å². The number of rotatable bonds is 10. The molecule has 39 heavy (non-hydrogen) atoms. The quantitative estimate of drug-likeness (QED) is 0.232. The molecule has 1 aliphatic rings. The van der Waals surface area contributed by atoms with Crippen LogP contribution in [0.15, 0.2) is 82.6 Å². The number of hydrogen-bond donors (Lipinski definition) is 4. The van der Waals surface area contributed by atoms with Crippen molar-refractivity contribution in [3.05, 3.63) is 83.9 Å². The second kappa shape index (κ2) is 14.9. The van der Waals surface area contributed by atoms with Crippen LogP contribution >= 0.6 is 23.7 Å². The first-order chi connectivity index (χ1) is 18.9. The number of amides is 1. The summed E-state index contributed by atoms with van der Waals surface area (Å²) in [5, 5.41) is 2.94. The normalized spacial score (nSPS) is 15.2. The highest BCUT2D eigenvalue weighted by Gasteiger charge is 2.34. The molecule has 0 saturated carbocycles. The number of anilines is 2. The van der Waals surface area contributed by atoms with Gasteiger partial charge in [0, 0.05) is 28.2 Å². The molecule has 6 N–H and O–H groups in total. The third-order valence-electron chi connectivity index (χ3n) is 6.20. The van der Waals surface area contributed by atoms with Gasteiger partial charge in [0.15, 0.2) is 0 Å². The lowest BCUT2D eigenvalue weighted by Gasteiger charge is -2.30. The molecule has 3 aromatic rings. The standard InChI is InChI=1S/C28H33N5O2S2.C2H6/c1-4-23(30)19-7-5-6-18(14-19)15-24(28-33(2)25-13-10-21(35-3)16-26(25)36-28)32-37-22-11-8-20(9-12-22)31-27(34)17-29;1-2/h4-14,16,24,28,32H,15,17,29-30H2,1-3H3,(H,31,34);1-2H3/b23-4-;. The molecule has 1 aliphatic heterocycles. The van der Waals surface area contributed by atoms with Crippen LogP contribution in [0.5, 0.6) is 5.75 Å². The van der Waals surface area contributed by atoms with Crippen molar-refractivity contribution in [1.29, 1.82) is 0 Å². The summed E-state index contributed by atoms with van der Waals surface area (Å²) in [6, 6.07) is 22.5. The molecule has 0 saturated heterocycles. The molecule has 0 spiro atoms. The third kappa shape index (κ3) is 7.95. The Balaban J connectivity index is 0.00000205. The zero-order valence-electron chi connectivity index (χ0n) is 23.2. The van der Waals surface area contributed by atoms with E-state index >= 15 is 0 Å². The largest absolute Gasteiger partial charge is 0.497 e. The van der Waals surface area contributed by atoms with Crippen LogP contribution in [0.2, 0.25) is 0 Å². The van der Waals surface area contributed by atoms with Crippen molar-refractivity contribution in [2.24, 2.45) is 11.5 Å². The van der Waals surface area contributed by atoms with Gasteiger partial charge in [-0.25, -0.2) is 0 Å². The molecule has 0 aromatic heterocycles. The lowest BCUT2D eigenvalue weighted by atomic mass is 10.0. The van der Waals surface area contributed by atoms with Gasteiger partial charge in [0.25, 0.3) is 0 Å². The van der Waals surface area contributed by atoms with Gasteiger partial charge in [-0.3, -0.25) is 9.52 Å². The van der Waals surface area contributed by atoms with Gasteiger partial charge < -0.3 is 26.4 Å². The van der Waals surface area contributed by atoms with Crippen LogP contribution in [0.1, 0.15) is 31.9 Å². The summed E-state index contributed by atoms with van der Waals surface area (Å²) < 4.78 is 9.18. The number of methoxy groups -OCH3 is 1. The fourth-order valence-electron chi connectivity index (χ4n) is 4.17. The second-order valence-electron chi connectivity index (χ2n) is 8.70. The summed E-state index contributed by atoms with van der Waals surface area (Å²) in [7, 11) is 3.83. The van der Waals surface area contributed by atoms with Crippen LogP contribution in [-0.4, -0.2) is 38.0 Å². The highest BCUT2D eigenvalue weighted by molar-refractivity contribution is 8.00. The second-order valence-corrected chi connectivity index (χ2v) is 10.8. The smallest absolute Gasteiger partial charge is 0.238 e. The molecule has 1 heterocycles. The topological polar surface area (TPSA) is 106 Å². The number of ether oxygens (including phenoxy) is 1. The minimum atomic E-state index is -0.211. The van der Waals surface area contributed by atoms with Crippen LogP contribution in [-0.2, 0) is 11.2 Å². The van der Waals surface area contributed by atoms with Gasteiger partial charge in [0.05, 0.1) is 30.8 Å². The number of carbonyl (C=O) groups is 1. The molecule has 4 rings (SSSR count). The third-order valence-corrected chi connectivity index (χ3v) is 8.59. The molecule has 3 aromatic carbocycles. The zero-order chi connectivity index (χ0) is 28.4. The first-order valence-corrected chi connectivity index (χ1v) is 14.7. The summed E-state index contributed by atoms with van der Waals surface area (Å²) in [5.74, 6) is 0.646. The average Bonchev–Trinajstić information content (AvgIpc) is 3.31. The van der Waals surface area contributed by atoms with Crippen molar-refractivity contribution in [1.82, 2.24) is 4.72 Å². The fraction of sp³-hybridized carbons (Fsp3) is 0.300. The highest BCUT2D eigenvalue weighted by Crippen LogP contribution is 2.46. The fourth-order valence-corrected chi connectivity index (χ4v) is 6.40. The summed E-state index contributed by atoms with van der Waals surface area (Å²) in [6.45, 7) is 5.91. The van der Waals surface area contributed by atoms with Crippen molar-refractivity contribution < 1.29 is 9.53 Å². The van der Waals surface area contributed by atoms with Crippen molar-refractivity contribution in [2.75, 3.05) is 30.9 Å². The van der Waals surface area contributed by atoms with E-state index in [1.54, 1.807) is 19.1 Å². The first-order valence-electron chi connectivity index (χ1n) is 13.0. The van der Waals surface area contributed by atoms with E-state index < -0.39 is 0 Å². The zero-order valence-corrected chi connectivity index (χ0v) is 24.9. The Morgan fingerprint density at radius 1 is 1.15 bits per heavy atom. The lowest BCUT2D eigenvalue weighted by molar-refractivity contribution is -0.114. The maximum Gasteiger partial charge on any atom is 0.238 e. The number of hydrogen-bond acceptors (Lipinski definition) is 8. The van der Waals surface area contributed by atoms with Crippen LogP contribution in [0.3, 0.4) is 0 Å². The van der Waals surface area contributed by atoms with E-state index in [9.17, 15) is 4.79 Å². The Bertz CT molecular complexity index is 1270. The molecule has 7 nitrogen and oxygen atoms in total. The van der Waals surface area contributed by atoms with Gasteiger partial charge in [0.1, 0.15) is 5.75 Å². The predicted octanol–water partition coefficient (Wildman–Crippen LogP) is 5.71. The number of nitrogens with zero attached hydrogens (tertiary/aromatic N) is 1. The van der Waals surface area contributed by atoms with E-state index in [1.807, 2.05) is 75.0 Å². The van der Waals surface area contributed by atoms with Crippen molar-refractivity contribution in [3.63, 3.8) is 0 Å². The van der Waals surface area contributed by atoms with Crippen LogP contribution in [0.4, 0.5) is 11.4 Å². The molecular formula is C30H39N5O2S2. The van der Waals surface area contributed by atoms with E-state index in [0.29, 0.717) is 0 Å². The number of thioether (sulfide) groups is 1. The van der Waals surface area contributed by atoms with Gasteiger partial charge in [-0.1, -0.05) is 49.9 Å². The molecule has 9 heteroatoms. The van der Waals surface area contributed by atoms with Crippen LogP contribution in [0.25, 0.3) is 5.70 Å². The maximum atomic E-state index is 11.6. The number of allylic oxidation sites excluding steroid dienone is 1.